The molecule has 1 fully saturated rings. The van der Waals surface area contributed by atoms with E-state index in [4.69, 9.17) is 0 Å². The molecule has 2 aromatic carbocycles. The Morgan fingerprint density at radius 1 is 0.974 bits per heavy atom. The van der Waals surface area contributed by atoms with E-state index < -0.39 is 60.7 Å². The van der Waals surface area contributed by atoms with Gasteiger partial charge in [-0.25, -0.2) is 19.2 Å². The molecule has 3 aromatic rings. The third-order valence-corrected chi connectivity index (χ3v) is 7.16. The number of aliphatic hydroxyl groups excluding tert-OH is 1. The predicted octanol–water partition coefficient (Wildman–Crippen LogP) is 2.78. The molecule has 1 aromatic heterocycles. The number of carbonyl (C=O) groups is 2. The summed E-state index contributed by atoms with van der Waals surface area (Å²) >= 11 is 0. The van der Waals surface area contributed by atoms with Gasteiger partial charge in [0.15, 0.2) is 0 Å². The Labute approximate surface area is 217 Å². The molecule has 0 bridgehead atoms. The molecular weight excluding hydrogens is 498 g/mol. The van der Waals surface area contributed by atoms with Crippen LogP contribution in [0.1, 0.15) is 48.2 Å². The molecular formula is C27H30F2N4O5. The molecule has 4 rings (SSSR count). The summed E-state index contributed by atoms with van der Waals surface area (Å²) in [6, 6.07) is 15.1. The van der Waals surface area contributed by atoms with Gasteiger partial charge < -0.3 is 15.5 Å². The zero-order chi connectivity index (χ0) is 27.3. The minimum atomic E-state index is -2.96. The highest BCUT2D eigenvalue weighted by atomic mass is 19.3. The molecule has 2 amide bonds. The number of nitrogens with one attached hydrogen (secondary N) is 2. The molecule has 5 N–H and O–H groups in total. The summed E-state index contributed by atoms with van der Waals surface area (Å²) in [7, 11) is 0. The number of hydroxylamine groups is 1. The maximum atomic E-state index is 13.8. The number of aliphatic hydroxyl groups is 2. The number of fused-ring (bicyclic) bond motifs is 1. The van der Waals surface area contributed by atoms with Gasteiger partial charge in [-0.3, -0.25) is 19.8 Å². The van der Waals surface area contributed by atoms with Crippen LogP contribution < -0.4 is 10.8 Å². The highest BCUT2D eigenvalue weighted by Crippen LogP contribution is 2.43. The van der Waals surface area contributed by atoms with Crippen LogP contribution in [0.15, 0.2) is 60.8 Å². The topological polar surface area (TPSA) is 145 Å². The van der Waals surface area contributed by atoms with Crippen molar-refractivity contribution in [1.29, 1.82) is 0 Å². The van der Waals surface area contributed by atoms with Crippen LogP contribution in [0.5, 0.6) is 0 Å². The van der Waals surface area contributed by atoms with Gasteiger partial charge in [-0.15, -0.1) is 0 Å². The average Bonchev–Trinajstić information content (AvgIpc) is 2.92. The first-order valence-corrected chi connectivity index (χ1v) is 12.4. The molecule has 11 heteroatoms. The highest BCUT2D eigenvalue weighted by Gasteiger charge is 2.49. The number of hydrogen-bond acceptors (Lipinski definition) is 7. The number of para-hydroxylation sites is 2. The lowest BCUT2D eigenvalue weighted by Gasteiger charge is -2.41. The summed E-state index contributed by atoms with van der Waals surface area (Å²) in [6.45, 7) is 0. The number of rotatable bonds is 9. The Morgan fingerprint density at radius 2 is 1.61 bits per heavy atom. The van der Waals surface area contributed by atoms with E-state index in [1.165, 1.54) is 11.7 Å². The fraction of sp³-hybridized carbons (Fsp3) is 0.407. The maximum Gasteiger partial charge on any atom is 0.271 e. The normalized spacial score (nSPS) is 18.8. The van der Waals surface area contributed by atoms with Gasteiger partial charge in [-0.1, -0.05) is 42.5 Å². The second kappa shape index (κ2) is 11.5. The Balaban J connectivity index is 1.57. The van der Waals surface area contributed by atoms with Crippen molar-refractivity contribution in [2.24, 2.45) is 5.92 Å². The number of carbonyl (C=O) groups excluding carboxylic acids is 2. The second-order valence-corrected chi connectivity index (χ2v) is 9.80. The molecule has 3 atom stereocenters. The minimum absolute atomic E-state index is 0.0201. The first kappa shape index (κ1) is 27.5. The van der Waals surface area contributed by atoms with Gasteiger partial charge in [0, 0.05) is 12.8 Å². The van der Waals surface area contributed by atoms with E-state index in [-0.39, 0.29) is 25.0 Å². The lowest BCUT2D eigenvalue weighted by Crippen LogP contribution is -2.53. The highest BCUT2D eigenvalue weighted by molar-refractivity contribution is 5.94. The fourth-order valence-electron chi connectivity index (χ4n) is 4.91. The molecule has 0 aliphatic heterocycles. The van der Waals surface area contributed by atoms with Gasteiger partial charge in [0.25, 0.3) is 5.91 Å². The van der Waals surface area contributed by atoms with Crippen LogP contribution >= 0.6 is 0 Å². The van der Waals surface area contributed by atoms with Crippen LogP contribution in [-0.4, -0.2) is 60.9 Å². The van der Waals surface area contributed by atoms with Crippen molar-refractivity contribution >= 4 is 22.8 Å². The molecule has 202 valence electrons. The van der Waals surface area contributed by atoms with Gasteiger partial charge in [-0.05, 0) is 43.4 Å². The number of aromatic nitrogens is 2. The Hall–Kier alpha value is -3.54. The smallest absolute Gasteiger partial charge is 0.271 e. The van der Waals surface area contributed by atoms with Crippen LogP contribution in [0.4, 0.5) is 8.78 Å². The van der Waals surface area contributed by atoms with Gasteiger partial charge in [0.1, 0.15) is 5.69 Å². The number of nitrogens with zero attached hydrogens (tertiary/aromatic N) is 2. The SMILES string of the molecule is O=C(N[C@@H](Cc1ccccc1)[C@@H](O)C[C@H](C(=O)NO)C1(O)CCC(F)(F)CC1)c1cnc2ccccc2n1. The number of hydrogen-bond donors (Lipinski definition) is 5. The lowest BCUT2D eigenvalue weighted by molar-refractivity contribution is -0.161. The van der Waals surface area contributed by atoms with Gasteiger partial charge in [-0.2, -0.15) is 0 Å². The Morgan fingerprint density at radius 3 is 2.26 bits per heavy atom. The largest absolute Gasteiger partial charge is 0.391 e. The van der Waals surface area contributed by atoms with Crippen LogP contribution in [0.2, 0.25) is 0 Å². The summed E-state index contributed by atoms with van der Waals surface area (Å²) in [6.07, 6.45) is -2.31. The monoisotopic (exact) mass is 528 g/mol. The van der Waals surface area contributed by atoms with E-state index in [2.05, 4.69) is 15.3 Å². The van der Waals surface area contributed by atoms with Crippen molar-refractivity contribution < 1.29 is 33.8 Å². The van der Waals surface area contributed by atoms with Crippen molar-refractivity contribution in [2.75, 3.05) is 0 Å². The van der Waals surface area contributed by atoms with E-state index in [0.29, 0.717) is 11.0 Å². The Kier molecular flexibility index (Phi) is 8.29. The van der Waals surface area contributed by atoms with Crippen molar-refractivity contribution in [3.8, 4) is 0 Å². The van der Waals surface area contributed by atoms with E-state index in [0.717, 1.165) is 5.56 Å². The van der Waals surface area contributed by atoms with Gasteiger partial charge in [0.2, 0.25) is 11.8 Å². The lowest BCUT2D eigenvalue weighted by atomic mass is 9.71. The number of alkyl halides is 2. The van der Waals surface area contributed by atoms with Gasteiger partial charge in [0.05, 0.1) is 40.9 Å². The third kappa shape index (κ3) is 6.47. The first-order valence-electron chi connectivity index (χ1n) is 12.4. The summed E-state index contributed by atoms with van der Waals surface area (Å²) in [5.41, 5.74) is 1.54. The van der Waals surface area contributed by atoms with Crippen LogP contribution in [0.3, 0.4) is 0 Å². The van der Waals surface area contributed by atoms with Crippen molar-refractivity contribution in [2.45, 2.75) is 62.2 Å². The van der Waals surface area contributed by atoms with E-state index in [1.54, 1.807) is 48.5 Å². The summed E-state index contributed by atoms with van der Waals surface area (Å²) in [5, 5.41) is 34.4. The number of benzene rings is 2. The second-order valence-electron chi connectivity index (χ2n) is 9.80. The summed E-state index contributed by atoms with van der Waals surface area (Å²) in [5.74, 6) is -5.96. The van der Waals surface area contributed by atoms with Crippen molar-refractivity contribution in [1.82, 2.24) is 20.8 Å². The molecule has 1 heterocycles. The first-order chi connectivity index (χ1) is 18.1. The molecule has 0 radical (unpaired) electrons. The predicted molar refractivity (Wildman–Crippen MR) is 133 cm³/mol. The number of halogens is 2. The summed E-state index contributed by atoms with van der Waals surface area (Å²) in [4.78, 5) is 34.2. The fourth-order valence-corrected chi connectivity index (χ4v) is 4.91. The zero-order valence-electron chi connectivity index (χ0n) is 20.6. The standard InChI is InChI=1S/C27H30F2N4O5/c28-27(29)12-10-26(37,11-13-27)18(24(35)33-38)15-23(34)21(14-17-6-2-1-3-7-17)32-25(36)22-16-30-19-8-4-5-9-20(19)31-22/h1-9,16,18,21,23,34,37-38H,10-15H2,(H,32,36)(H,33,35)/t18-,21+,23+/m1/s1. The molecule has 1 aliphatic rings. The maximum absolute atomic E-state index is 13.8. The summed E-state index contributed by atoms with van der Waals surface area (Å²) < 4.78 is 27.5. The third-order valence-electron chi connectivity index (χ3n) is 7.16. The molecule has 0 saturated heterocycles. The molecule has 1 saturated carbocycles. The molecule has 38 heavy (non-hydrogen) atoms. The van der Waals surface area contributed by atoms with Crippen LogP contribution in [-0.2, 0) is 11.2 Å². The Bertz CT molecular complexity index is 1270. The zero-order valence-corrected chi connectivity index (χ0v) is 20.6. The molecule has 9 nitrogen and oxygen atoms in total. The molecule has 0 unspecified atom stereocenters. The van der Waals surface area contributed by atoms with Gasteiger partial charge >= 0.3 is 0 Å². The quantitative estimate of drug-likeness (QED) is 0.212. The van der Waals surface area contributed by atoms with Crippen LogP contribution in [0, 0.1) is 5.92 Å². The van der Waals surface area contributed by atoms with Crippen molar-refractivity contribution in [3.63, 3.8) is 0 Å². The number of amides is 2. The van der Waals surface area contributed by atoms with E-state index >= 15 is 0 Å². The minimum Gasteiger partial charge on any atom is -0.391 e. The average molecular weight is 529 g/mol. The van der Waals surface area contributed by atoms with E-state index in [9.17, 15) is 33.8 Å². The van der Waals surface area contributed by atoms with E-state index in [1.807, 2.05) is 6.07 Å². The van der Waals surface area contributed by atoms with Crippen molar-refractivity contribution in [3.05, 3.63) is 72.1 Å². The van der Waals surface area contributed by atoms with Crippen LogP contribution in [0.25, 0.3) is 11.0 Å². The molecule has 1 aliphatic carbocycles. The molecule has 0 spiro atoms.